The molecule has 1 nitrogen and oxygen atoms in total. The van der Waals surface area contributed by atoms with Crippen molar-refractivity contribution in [2.24, 2.45) is 0 Å². The summed E-state index contributed by atoms with van der Waals surface area (Å²) in [6, 6.07) is 14.0. The molecular formula is C18H19Cl2N. The normalized spacial score (nSPS) is 10.3. The molecule has 0 bridgehead atoms. The molecule has 1 heterocycles. The standard InChI is InChI=1S/C16H13Cl2N.C2H6/c1-11-9-19(10-12-2-4-13(17)5-3-12)16-7-6-14(18)8-15(11)16;1-2/h2-9H,10H2,1H3;1-2H3. The minimum atomic E-state index is 0.768. The largest absolute Gasteiger partial charge is 0.343 e. The molecule has 3 aromatic rings. The summed E-state index contributed by atoms with van der Waals surface area (Å²) in [7, 11) is 0. The third-order valence-electron chi connectivity index (χ3n) is 3.31. The van der Waals surface area contributed by atoms with E-state index in [0.29, 0.717) is 0 Å². The van der Waals surface area contributed by atoms with Gasteiger partial charge in [-0.05, 0) is 48.4 Å². The van der Waals surface area contributed by atoms with Crippen molar-refractivity contribution in [2.75, 3.05) is 0 Å². The van der Waals surface area contributed by atoms with Gasteiger partial charge in [-0.25, -0.2) is 0 Å². The Bertz CT molecular complexity index is 727. The zero-order valence-corrected chi connectivity index (χ0v) is 14.0. The monoisotopic (exact) mass is 319 g/mol. The summed E-state index contributed by atoms with van der Waals surface area (Å²) in [5, 5.41) is 2.75. The van der Waals surface area contributed by atoms with Crippen molar-refractivity contribution in [2.45, 2.75) is 27.3 Å². The molecular weight excluding hydrogens is 301 g/mol. The van der Waals surface area contributed by atoms with Crippen LogP contribution in [0.2, 0.25) is 10.0 Å². The zero-order valence-electron chi connectivity index (χ0n) is 12.5. The number of hydrogen-bond acceptors (Lipinski definition) is 0. The van der Waals surface area contributed by atoms with Crippen LogP contribution in [0.25, 0.3) is 10.9 Å². The van der Waals surface area contributed by atoms with E-state index in [1.54, 1.807) is 0 Å². The number of benzene rings is 2. The van der Waals surface area contributed by atoms with Crippen LogP contribution in [0.1, 0.15) is 25.0 Å². The Labute approximate surface area is 136 Å². The molecule has 1 aromatic heterocycles. The van der Waals surface area contributed by atoms with Crippen LogP contribution < -0.4 is 0 Å². The maximum atomic E-state index is 6.05. The molecule has 0 radical (unpaired) electrons. The molecule has 110 valence electrons. The molecule has 0 saturated carbocycles. The zero-order chi connectivity index (χ0) is 15.4. The van der Waals surface area contributed by atoms with E-state index in [-0.39, 0.29) is 0 Å². The Morgan fingerprint density at radius 1 is 0.905 bits per heavy atom. The molecule has 0 atom stereocenters. The Balaban J connectivity index is 0.000000774. The van der Waals surface area contributed by atoms with Crippen molar-refractivity contribution in [3.05, 3.63) is 69.8 Å². The summed E-state index contributed by atoms with van der Waals surface area (Å²) < 4.78 is 2.24. The van der Waals surface area contributed by atoms with Gasteiger partial charge >= 0.3 is 0 Å². The van der Waals surface area contributed by atoms with Crippen molar-refractivity contribution in [1.29, 1.82) is 0 Å². The summed E-state index contributed by atoms with van der Waals surface area (Å²) in [6.45, 7) is 6.94. The highest BCUT2D eigenvalue weighted by Crippen LogP contribution is 2.25. The van der Waals surface area contributed by atoms with Gasteiger partial charge in [0.05, 0.1) is 0 Å². The molecule has 0 fully saturated rings. The van der Waals surface area contributed by atoms with Gasteiger partial charge in [0.25, 0.3) is 0 Å². The highest BCUT2D eigenvalue weighted by molar-refractivity contribution is 6.31. The van der Waals surface area contributed by atoms with Crippen LogP contribution >= 0.6 is 23.2 Å². The van der Waals surface area contributed by atoms with Gasteiger partial charge in [0.15, 0.2) is 0 Å². The van der Waals surface area contributed by atoms with Gasteiger partial charge in [-0.15, -0.1) is 0 Å². The van der Waals surface area contributed by atoms with Gasteiger partial charge in [0.1, 0.15) is 0 Å². The van der Waals surface area contributed by atoms with E-state index < -0.39 is 0 Å². The van der Waals surface area contributed by atoms with Gasteiger partial charge in [0, 0.05) is 33.7 Å². The topological polar surface area (TPSA) is 4.93 Å². The second-order valence-corrected chi connectivity index (χ2v) is 5.60. The van der Waals surface area contributed by atoms with Crippen molar-refractivity contribution in [1.82, 2.24) is 4.57 Å². The average molecular weight is 320 g/mol. The van der Waals surface area contributed by atoms with Crippen molar-refractivity contribution < 1.29 is 0 Å². The fourth-order valence-corrected chi connectivity index (χ4v) is 2.66. The number of aromatic nitrogens is 1. The molecule has 0 spiro atoms. The average Bonchev–Trinajstić information content (AvgIpc) is 2.79. The number of halogens is 2. The number of hydrogen-bond donors (Lipinski definition) is 0. The summed E-state index contributed by atoms with van der Waals surface area (Å²) in [5.74, 6) is 0. The van der Waals surface area contributed by atoms with E-state index in [2.05, 4.69) is 35.9 Å². The Morgan fingerprint density at radius 3 is 2.19 bits per heavy atom. The molecule has 0 unspecified atom stereocenters. The van der Waals surface area contributed by atoms with Crippen LogP contribution in [0.5, 0.6) is 0 Å². The minimum absolute atomic E-state index is 0.768. The van der Waals surface area contributed by atoms with Gasteiger partial charge in [-0.2, -0.15) is 0 Å². The first-order valence-electron chi connectivity index (χ1n) is 7.13. The second-order valence-electron chi connectivity index (χ2n) is 4.73. The summed E-state index contributed by atoms with van der Waals surface area (Å²) in [4.78, 5) is 0. The van der Waals surface area contributed by atoms with Gasteiger partial charge in [0.2, 0.25) is 0 Å². The first-order valence-corrected chi connectivity index (χ1v) is 7.88. The summed E-state index contributed by atoms with van der Waals surface area (Å²) in [5.41, 5.74) is 3.68. The summed E-state index contributed by atoms with van der Waals surface area (Å²) in [6.07, 6.45) is 2.16. The van der Waals surface area contributed by atoms with E-state index in [9.17, 15) is 0 Å². The maximum absolute atomic E-state index is 6.05. The molecule has 0 aliphatic rings. The van der Waals surface area contributed by atoms with Crippen molar-refractivity contribution in [3.8, 4) is 0 Å². The lowest BCUT2D eigenvalue weighted by molar-refractivity contribution is 0.834. The maximum Gasteiger partial charge on any atom is 0.0487 e. The number of rotatable bonds is 2. The van der Waals surface area contributed by atoms with Gasteiger partial charge in [-0.3, -0.25) is 0 Å². The number of aryl methyl sites for hydroxylation is 1. The summed E-state index contributed by atoms with van der Waals surface area (Å²) >= 11 is 12.0. The second kappa shape index (κ2) is 7.02. The first-order chi connectivity index (χ1) is 10.1. The molecule has 21 heavy (non-hydrogen) atoms. The smallest absolute Gasteiger partial charge is 0.0487 e. The third-order valence-corrected chi connectivity index (χ3v) is 3.80. The van der Waals surface area contributed by atoms with Crippen molar-refractivity contribution >= 4 is 34.1 Å². The molecule has 0 N–H and O–H groups in total. The molecule has 0 aliphatic heterocycles. The molecule has 0 aliphatic carbocycles. The first kappa shape index (κ1) is 15.9. The predicted molar refractivity (Wildman–Crippen MR) is 93.6 cm³/mol. The van der Waals surface area contributed by atoms with E-state index in [0.717, 1.165) is 16.6 Å². The lowest BCUT2D eigenvalue weighted by Gasteiger charge is -2.06. The van der Waals surface area contributed by atoms with Crippen LogP contribution in [-0.2, 0) is 6.54 Å². The quantitative estimate of drug-likeness (QED) is 0.520. The lowest BCUT2D eigenvalue weighted by Crippen LogP contribution is -1.97. The fraction of sp³-hybridized carbons (Fsp3) is 0.222. The molecule has 0 saturated heterocycles. The fourth-order valence-electron chi connectivity index (χ4n) is 2.36. The SMILES string of the molecule is CC.Cc1cn(Cc2ccc(Cl)cc2)c2ccc(Cl)cc12. The van der Waals surface area contributed by atoms with E-state index in [1.807, 2.05) is 38.1 Å². The molecule has 2 aromatic carbocycles. The van der Waals surface area contributed by atoms with Crippen LogP contribution in [0, 0.1) is 6.92 Å². The van der Waals surface area contributed by atoms with Crippen molar-refractivity contribution in [3.63, 3.8) is 0 Å². The van der Waals surface area contributed by atoms with E-state index >= 15 is 0 Å². The lowest BCUT2D eigenvalue weighted by atomic mass is 10.2. The van der Waals surface area contributed by atoms with Gasteiger partial charge in [-0.1, -0.05) is 49.2 Å². The van der Waals surface area contributed by atoms with Crippen LogP contribution in [0.3, 0.4) is 0 Å². The number of nitrogens with zero attached hydrogens (tertiary/aromatic N) is 1. The Hall–Kier alpha value is -1.44. The van der Waals surface area contributed by atoms with Crippen LogP contribution in [0.4, 0.5) is 0 Å². The van der Waals surface area contributed by atoms with E-state index in [4.69, 9.17) is 23.2 Å². The molecule has 3 rings (SSSR count). The predicted octanol–water partition coefficient (Wildman–Crippen LogP) is 6.33. The third kappa shape index (κ3) is 3.61. The number of fused-ring (bicyclic) bond motifs is 1. The van der Waals surface area contributed by atoms with Gasteiger partial charge < -0.3 is 4.57 Å². The Morgan fingerprint density at radius 2 is 1.52 bits per heavy atom. The van der Waals surface area contributed by atoms with Crippen LogP contribution in [-0.4, -0.2) is 4.57 Å². The Kier molecular flexibility index (Phi) is 5.33. The van der Waals surface area contributed by atoms with Crippen LogP contribution in [0.15, 0.2) is 48.7 Å². The molecule has 0 amide bonds. The highest BCUT2D eigenvalue weighted by Gasteiger charge is 2.06. The molecule has 3 heteroatoms. The highest BCUT2D eigenvalue weighted by atomic mass is 35.5. The minimum Gasteiger partial charge on any atom is -0.343 e. The van der Waals surface area contributed by atoms with E-state index in [1.165, 1.54) is 22.0 Å².